The monoisotopic (exact) mass is 317 g/mol. The molecule has 4 heteroatoms. The van der Waals surface area contributed by atoms with Gasteiger partial charge in [-0.25, -0.2) is 0 Å². The molecule has 0 radical (unpaired) electrons. The van der Waals surface area contributed by atoms with Gasteiger partial charge in [-0.1, -0.05) is 48.0 Å². The lowest BCUT2D eigenvalue weighted by atomic mass is 10.1. The Hall–Kier alpha value is -2.07. The van der Waals surface area contributed by atoms with Gasteiger partial charge >= 0.3 is 6.18 Å². The fourth-order valence-electron chi connectivity index (χ4n) is 2.84. The van der Waals surface area contributed by atoms with Gasteiger partial charge in [-0.15, -0.1) is 0 Å². The number of halogens is 3. The number of nitrogens with zero attached hydrogens (tertiary/aromatic N) is 1. The highest BCUT2D eigenvalue weighted by Gasteiger charge is 2.29. The highest BCUT2D eigenvalue weighted by Crippen LogP contribution is 2.29. The minimum atomic E-state index is -4.28. The van der Waals surface area contributed by atoms with Gasteiger partial charge in [0.2, 0.25) is 0 Å². The molecule has 2 aromatic rings. The van der Waals surface area contributed by atoms with Crippen molar-refractivity contribution in [2.45, 2.75) is 26.2 Å². The molecule has 3 rings (SSSR count). The second-order valence-corrected chi connectivity index (χ2v) is 5.96. The van der Waals surface area contributed by atoms with E-state index in [0.717, 1.165) is 37.3 Å². The zero-order chi connectivity index (χ0) is 16.4. The number of benzene rings is 2. The van der Waals surface area contributed by atoms with Crippen molar-refractivity contribution in [2.24, 2.45) is 0 Å². The highest BCUT2D eigenvalue weighted by molar-refractivity contribution is 5.50. The topological polar surface area (TPSA) is 3.24 Å². The summed E-state index contributed by atoms with van der Waals surface area (Å²) in [6, 6.07) is 11.8. The summed E-state index contributed by atoms with van der Waals surface area (Å²) in [6.45, 7) is 4.73. The van der Waals surface area contributed by atoms with Crippen molar-refractivity contribution in [1.29, 1.82) is 0 Å². The lowest BCUT2D eigenvalue weighted by Gasteiger charge is -2.11. The lowest BCUT2D eigenvalue weighted by Crippen LogP contribution is -2.15. The summed E-state index contributed by atoms with van der Waals surface area (Å²) in [5.41, 5.74) is 4.17. The summed E-state index contributed by atoms with van der Waals surface area (Å²) >= 11 is 0. The Bertz CT molecular complexity index is 714. The summed E-state index contributed by atoms with van der Waals surface area (Å²) in [4.78, 5) is 2.31. The van der Waals surface area contributed by atoms with Crippen LogP contribution in [0.15, 0.2) is 48.5 Å². The summed E-state index contributed by atoms with van der Waals surface area (Å²) in [5.74, 6) is 0. The van der Waals surface area contributed by atoms with Crippen LogP contribution in [0.5, 0.6) is 0 Å². The second-order valence-electron chi connectivity index (χ2n) is 5.96. The molecular formula is C19H18F3N. The van der Waals surface area contributed by atoms with Crippen LogP contribution in [0.4, 0.5) is 13.2 Å². The van der Waals surface area contributed by atoms with Crippen LogP contribution in [-0.4, -0.2) is 11.4 Å². The average Bonchev–Trinajstić information content (AvgIpc) is 2.88. The molecule has 0 aliphatic carbocycles. The summed E-state index contributed by atoms with van der Waals surface area (Å²) in [7, 11) is 0. The molecule has 0 N–H and O–H groups in total. The normalized spacial score (nSPS) is 15.3. The Morgan fingerprint density at radius 3 is 2.39 bits per heavy atom. The Balaban J connectivity index is 1.58. The SMILES string of the molecule is Cc1ccc2c(c1)CN(CC=Cc1ccc(C(F)(F)F)cc1)C2. The Morgan fingerprint density at radius 1 is 1.00 bits per heavy atom. The molecule has 0 spiro atoms. The highest BCUT2D eigenvalue weighted by atomic mass is 19.4. The summed E-state index contributed by atoms with van der Waals surface area (Å²) in [6.07, 6.45) is -0.405. The van der Waals surface area contributed by atoms with Gasteiger partial charge < -0.3 is 0 Å². The smallest absolute Gasteiger partial charge is 0.291 e. The number of aryl methyl sites for hydroxylation is 1. The number of rotatable bonds is 3. The van der Waals surface area contributed by atoms with E-state index in [2.05, 4.69) is 30.0 Å². The number of alkyl halides is 3. The first kappa shape index (κ1) is 15.8. The van der Waals surface area contributed by atoms with E-state index in [1.165, 1.54) is 28.8 Å². The zero-order valence-corrected chi connectivity index (χ0v) is 12.9. The van der Waals surface area contributed by atoms with E-state index in [9.17, 15) is 13.2 Å². The van der Waals surface area contributed by atoms with Gasteiger partial charge in [0.1, 0.15) is 0 Å². The van der Waals surface area contributed by atoms with Crippen LogP contribution in [0.2, 0.25) is 0 Å². The van der Waals surface area contributed by atoms with E-state index in [1.807, 2.05) is 12.2 Å². The molecule has 0 saturated carbocycles. The first-order chi connectivity index (χ1) is 10.9. The van der Waals surface area contributed by atoms with E-state index >= 15 is 0 Å². The predicted molar refractivity (Wildman–Crippen MR) is 85.8 cm³/mol. The maximum atomic E-state index is 12.5. The number of hydrogen-bond acceptors (Lipinski definition) is 1. The van der Waals surface area contributed by atoms with Gasteiger partial charge in [0, 0.05) is 19.6 Å². The Labute approximate surface area is 134 Å². The molecule has 1 nitrogen and oxygen atoms in total. The van der Waals surface area contributed by atoms with Crippen molar-refractivity contribution in [2.75, 3.05) is 6.54 Å². The molecule has 23 heavy (non-hydrogen) atoms. The van der Waals surface area contributed by atoms with Gasteiger partial charge in [-0.2, -0.15) is 13.2 Å². The van der Waals surface area contributed by atoms with Crippen molar-refractivity contribution < 1.29 is 13.2 Å². The van der Waals surface area contributed by atoms with Crippen molar-refractivity contribution in [3.05, 3.63) is 76.4 Å². The van der Waals surface area contributed by atoms with Crippen LogP contribution in [0.3, 0.4) is 0 Å². The van der Waals surface area contributed by atoms with Crippen LogP contribution >= 0.6 is 0 Å². The van der Waals surface area contributed by atoms with E-state index in [1.54, 1.807) is 0 Å². The third kappa shape index (κ3) is 3.82. The molecule has 0 atom stereocenters. The number of hydrogen-bond donors (Lipinski definition) is 0. The van der Waals surface area contributed by atoms with Crippen molar-refractivity contribution in [1.82, 2.24) is 4.90 Å². The molecule has 0 fully saturated rings. The van der Waals surface area contributed by atoms with Crippen molar-refractivity contribution in [3.8, 4) is 0 Å². The van der Waals surface area contributed by atoms with E-state index < -0.39 is 11.7 Å². The quantitative estimate of drug-likeness (QED) is 0.766. The van der Waals surface area contributed by atoms with E-state index in [-0.39, 0.29) is 0 Å². The molecule has 0 bridgehead atoms. The lowest BCUT2D eigenvalue weighted by molar-refractivity contribution is -0.137. The number of fused-ring (bicyclic) bond motifs is 1. The Kier molecular flexibility index (Phi) is 4.26. The second kappa shape index (κ2) is 6.20. The Morgan fingerprint density at radius 2 is 1.70 bits per heavy atom. The molecule has 120 valence electrons. The van der Waals surface area contributed by atoms with E-state index in [4.69, 9.17) is 0 Å². The van der Waals surface area contributed by atoms with Crippen molar-refractivity contribution in [3.63, 3.8) is 0 Å². The van der Waals surface area contributed by atoms with Crippen LogP contribution in [0.25, 0.3) is 6.08 Å². The molecule has 1 aliphatic rings. The predicted octanol–water partition coefficient (Wildman–Crippen LogP) is 5.04. The van der Waals surface area contributed by atoms with Crippen LogP contribution in [0.1, 0.15) is 27.8 Å². The van der Waals surface area contributed by atoms with Gasteiger partial charge in [-0.05, 0) is 35.7 Å². The van der Waals surface area contributed by atoms with Gasteiger partial charge in [0.05, 0.1) is 5.56 Å². The minimum Gasteiger partial charge on any atom is -0.291 e. The fraction of sp³-hybridized carbons (Fsp3) is 0.263. The molecule has 1 aliphatic heterocycles. The van der Waals surface area contributed by atoms with Crippen LogP contribution in [-0.2, 0) is 19.3 Å². The minimum absolute atomic E-state index is 0.611. The largest absolute Gasteiger partial charge is 0.416 e. The van der Waals surface area contributed by atoms with Crippen LogP contribution < -0.4 is 0 Å². The molecule has 0 amide bonds. The summed E-state index contributed by atoms with van der Waals surface area (Å²) in [5, 5.41) is 0. The zero-order valence-electron chi connectivity index (χ0n) is 12.9. The maximum Gasteiger partial charge on any atom is 0.416 e. The maximum absolute atomic E-state index is 12.5. The van der Waals surface area contributed by atoms with E-state index in [0.29, 0.717) is 0 Å². The molecule has 0 aromatic heterocycles. The molecule has 0 saturated heterocycles. The average molecular weight is 317 g/mol. The van der Waals surface area contributed by atoms with Gasteiger partial charge in [0.25, 0.3) is 0 Å². The molecule has 0 unspecified atom stereocenters. The van der Waals surface area contributed by atoms with Crippen molar-refractivity contribution >= 4 is 6.08 Å². The van der Waals surface area contributed by atoms with Gasteiger partial charge in [0.15, 0.2) is 0 Å². The van der Waals surface area contributed by atoms with Crippen LogP contribution in [0, 0.1) is 6.92 Å². The third-order valence-corrected chi connectivity index (χ3v) is 4.06. The standard InChI is InChI=1S/C19H18F3N/c1-14-4-7-16-12-23(13-17(16)11-14)10-2-3-15-5-8-18(9-6-15)19(20,21)22/h2-9,11H,10,12-13H2,1H3. The molecule has 1 heterocycles. The molecule has 2 aromatic carbocycles. The first-order valence-electron chi connectivity index (χ1n) is 7.56. The fourth-order valence-corrected chi connectivity index (χ4v) is 2.84. The molecular weight excluding hydrogens is 299 g/mol. The third-order valence-electron chi connectivity index (χ3n) is 4.06. The first-order valence-corrected chi connectivity index (χ1v) is 7.56. The van der Waals surface area contributed by atoms with Gasteiger partial charge in [-0.3, -0.25) is 4.90 Å². The summed E-state index contributed by atoms with van der Waals surface area (Å²) < 4.78 is 37.5.